The highest BCUT2D eigenvalue weighted by molar-refractivity contribution is 9.10. The number of hydrogen-bond acceptors (Lipinski definition) is 3. The second-order valence-electron chi connectivity index (χ2n) is 4.21. The van der Waals surface area contributed by atoms with E-state index in [1.807, 2.05) is 31.3 Å². The number of unbranched alkanes of at least 4 members (excludes halogenated alkanes) is 1. The van der Waals surface area contributed by atoms with Crippen molar-refractivity contribution < 1.29 is 9.53 Å². The number of carbonyl (C=O) groups excluding carboxylic acids is 1. The number of rotatable bonds is 9. The van der Waals surface area contributed by atoms with Gasteiger partial charge in [0.2, 0.25) is 5.91 Å². The fraction of sp³-hybridized carbons (Fsp3) is 0.500. The zero-order valence-corrected chi connectivity index (χ0v) is 12.8. The molecule has 0 saturated carbocycles. The SMILES string of the molecule is CNCCNC(=O)CCCCOc1ccc(Br)cc1. The van der Waals surface area contributed by atoms with Crippen LogP contribution in [0.3, 0.4) is 0 Å². The van der Waals surface area contributed by atoms with Crippen molar-refractivity contribution in [1.82, 2.24) is 10.6 Å². The van der Waals surface area contributed by atoms with Gasteiger partial charge in [0.1, 0.15) is 5.75 Å². The predicted molar refractivity (Wildman–Crippen MR) is 80.4 cm³/mol. The van der Waals surface area contributed by atoms with E-state index in [9.17, 15) is 4.79 Å². The lowest BCUT2D eigenvalue weighted by molar-refractivity contribution is -0.121. The topological polar surface area (TPSA) is 50.4 Å². The molecule has 0 spiro atoms. The number of benzene rings is 1. The highest BCUT2D eigenvalue weighted by atomic mass is 79.9. The van der Waals surface area contributed by atoms with Crippen LogP contribution in [0, 0.1) is 0 Å². The van der Waals surface area contributed by atoms with Crippen LogP contribution < -0.4 is 15.4 Å². The zero-order chi connectivity index (χ0) is 13.9. The lowest BCUT2D eigenvalue weighted by Gasteiger charge is -2.07. The number of halogens is 1. The Kier molecular flexibility index (Phi) is 8.25. The van der Waals surface area contributed by atoms with E-state index in [4.69, 9.17) is 4.74 Å². The standard InChI is InChI=1S/C14H21BrN2O2/c1-16-9-10-17-14(18)4-2-3-11-19-13-7-5-12(15)6-8-13/h5-8,16H,2-4,9-11H2,1H3,(H,17,18). The largest absolute Gasteiger partial charge is 0.494 e. The fourth-order valence-corrected chi connectivity index (χ4v) is 1.79. The van der Waals surface area contributed by atoms with E-state index in [-0.39, 0.29) is 5.91 Å². The van der Waals surface area contributed by atoms with Crippen molar-refractivity contribution in [2.45, 2.75) is 19.3 Å². The number of carbonyl (C=O) groups is 1. The molecule has 0 radical (unpaired) electrons. The molecule has 0 bridgehead atoms. The molecule has 19 heavy (non-hydrogen) atoms. The van der Waals surface area contributed by atoms with E-state index in [1.54, 1.807) is 0 Å². The van der Waals surface area contributed by atoms with Gasteiger partial charge in [0.05, 0.1) is 6.61 Å². The van der Waals surface area contributed by atoms with Gasteiger partial charge in [-0.15, -0.1) is 0 Å². The third-order valence-electron chi connectivity index (χ3n) is 2.58. The number of nitrogens with one attached hydrogen (secondary N) is 2. The summed E-state index contributed by atoms with van der Waals surface area (Å²) in [6.45, 7) is 2.13. The molecule has 1 aromatic carbocycles. The maximum atomic E-state index is 11.4. The highest BCUT2D eigenvalue weighted by Gasteiger charge is 2.00. The summed E-state index contributed by atoms with van der Waals surface area (Å²) in [6, 6.07) is 7.75. The zero-order valence-electron chi connectivity index (χ0n) is 11.2. The Labute approximate surface area is 123 Å². The molecule has 0 aliphatic carbocycles. The average molecular weight is 329 g/mol. The van der Waals surface area contributed by atoms with Crippen LogP contribution in [0.15, 0.2) is 28.7 Å². The Balaban J connectivity index is 2.01. The minimum Gasteiger partial charge on any atom is -0.494 e. The van der Waals surface area contributed by atoms with Crippen molar-refractivity contribution in [3.63, 3.8) is 0 Å². The summed E-state index contributed by atoms with van der Waals surface area (Å²) in [6.07, 6.45) is 2.30. The molecule has 1 amide bonds. The lowest BCUT2D eigenvalue weighted by atomic mass is 10.2. The third-order valence-corrected chi connectivity index (χ3v) is 3.11. The summed E-state index contributed by atoms with van der Waals surface area (Å²) in [5.41, 5.74) is 0. The van der Waals surface area contributed by atoms with Crippen molar-refractivity contribution in [2.75, 3.05) is 26.7 Å². The van der Waals surface area contributed by atoms with Gasteiger partial charge in [-0.2, -0.15) is 0 Å². The van der Waals surface area contributed by atoms with Gasteiger partial charge in [-0.25, -0.2) is 0 Å². The van der Waals surface area contributed by atoms with Gasteiger partial charge >= 0.3 is 0 Å². The van der Waals surface area contributed by atoms with Gasteiger partial charge < -0.3 is 15.4 Å². The summed E-state index contributed by atoms with van der Waals surface area (Å²) in [4.78, 5) is 11.4. The number of amides is 1. The quantitative estimate of drug-likeness (QED) is 0.684. The van der Waals surface area contributed by atoms with Crippen molar-refractivity contribution in [1.29, 1.82) is 0 Å². The molecular formula is C14H21BrN2O2. The van der Waals surface area contributed by atoms with Gasteiger partial charge in [0.15, 0.2) is 0 Å². The van der Waals surface area contributed by atoms with Crippen LogP contribution in [0.2, 0.25) is 0 Å². The van der Waals surface area contributed by atoms with Crippen molar-refractivity contribution >= 4 is 21.8 Å². The summed E-state index contributed by atoms with van der Waals surface area (Å²) in [7, 11) is 1.87. The monoisotopic (exact) mass is 328 g/mol. The fourth-order valence-electron chi connectivity index (χ4n) is 1.52. The van der Waals surface area contributed by atoms with Crippen molar-refractivity contribution in [2.24, 2.45) is 0 Å². The smallest absolute Gasteiger partial charge is 0.220 e. The minimum atomic E-state index is 0.110. The van der Waals surface area contributed by atoms with Crippen molar-refractivity contribution in [3.05, 3.63) is 28.7 Å². The van der Waals surface area contributed by atoms with Crippen molar-refractivity contribution in [3.8, 4) is 5.75 Å². The summed E-state index contributed by atoms with van der Waals surface area (Å²) in [5, 5.41) is 5.83. The number of hydrogen-bond donors (Lipinski definition) is 2. The van der Waals surface area contributed by atoms with E-state index >= 15 is 0 Å². The van der Waals surface area contributed by atoms with E-state index < -0.39 is 0 Å². The van der Waals surface area contributed by atoms with E-state index in [1.165, 1.54) is 0 Å². The Morgan fingerprint density at radius 1 is 1.21 bits per heavy atom. The van der Waals surface area contributed by atoms with Crippen LogP contribution in [-0.2, 0) is 4.79 Å². The first kappa shape index (κ1) is 16.0. The molecule has 0 unspecified atom stereocenters. The van der Waals surface area contributed by atoms with Gasteiger partial charge in [-0.05, 0) is 44.2 Å². The van der Waals surface area contributed by atoms with Gasteiger partial charge in [0.25, 0.3) is 0 Å². The van der Waals surface area contributed by atoms with Gasteiger partial charge in [-0.3, -0.25) is 4.79 Å². The van der Waals surface area contributed by atoms with Crippen LogP contribution in [0.5, 0.6) is 5.75 Å². The normalized spacial score (nSPS) is 10.2. The predicted octanol–water partition coefficient (Wildman–Crippen LogP) is 2.33. The molecule has 2 N–H and O–H groups in total. The van der Waals surface area contributed by atoms with E-state index in [0.29, 0.717) is 19.6 Å². The van der Waals surface area contributed by atoms with Crippen LogP contribution in [-0.4, -0.2) is 32.7 Å². The lowest BCUT2D eigenvalue weighted by Crippen LogP contribution is -2.30. The Morgan fingerprint density at radius 3 is 2.63 bits per heavy atom. The van der Waals surface area contributed by atoms with Gasteiger partial charge in [0, 0.05) is 24.0 Å². The van der Waals surface area contributed by atoms with Crippen LogP contribution >= 0.6 is 15.9 Å². The molecule has 0 fully saturated rings. The molecule has 5 heteroatoms. The minimum absolute atomic E-state index is 0.110. The maximum Gasteiger partial charge on any atom is 0.220 e. The van der Waals surface area contributed by atoms with Crippen LogP contribution in [0.1, 0.15) is 19.3 Å². The first-order chi connectivity index (χ1) is 9.22. The molecule has 0 heterocycles. The summed E-state index contributed by atoms with van der Waals surface area (Å²) in [5.74, 6) is 0.973. The second-order valence-corrected chi connectivity index (χ2v) is 5.13. The first-order valence-electron chi connectivity index (χ1n) is 6.52. The van der Waals surface area contributed by atoms with E-state index in [2.05, 4.69) is 26.6 Å². The first-order valence-corrected chi connectivity index (χ1v) is 7.31. The second kappa shape index (κ2) is 9.81. The average Bonchev–Trinajstić information content (AvgIpc) is 2.41. The third kappa shape index (κ3) is 7.85. The number of ether oxygens (including phenoxy) is 1. The Bertz CT molecular complexity index is 368. The van der Waals surface area contributed by atoms with E-state index in [0.717, 1.165) is 29.6 Å². The Morgan fingerprint density at radius 2 is 1.95 bits per heavy atom. The highest BCUT2D eigenvalue weighted by Crippen LogP contribution is 2.16. The molecule has 1 rings (SSSR count). The molecule has 0 aliphatic heterocycles. The molecule has 0 aromatic heterocycles. The van der Waals surface area contributed by atoms with Crippen LogP contribution in [0.4, 0.5) is 0 Å². The Hall–Kier alpha value is -1.07. The summed E-state index contributed by atoms with van der Waals surface area (Å²) < 4.78 is 6.62. The molecule has 4 nitrogen and oxygen atoms in total. The molecule has 106 valence electrons. The molecule has 0 saturated heterocycles. The summed E-state index contributed by atoms with van der Waals surface area (Å²) >= 11 is 3.38. The maximum absolute atomic E-state index is 11.4. The molecule has 0 aliphatic rings. The molecule has 0 atom stereocenters. The molecular weight excluding hydrogens is 308 g/mol. The molecule has 1 aromatic rings. The number of likely N-dealkylation sites (N-methyl/N-ethyl adjacent to an activating group) is 1. The van der Waals surface area contributed by atoms with Crippen LogP contribution in [0.25, 0.3) is 0 Å². The van der Waals surface area contributed by atoms with Gasteiger partial charge in [-0.1, -0.05) is 15.9 Å².